The van der Waals surface area contributed by atoms with E-state index in [1.54, 1.807) is 4.57 Å². The van der Waals surface area contributed by atoms with E-state index >= 15 is 0 Å². The minimum absolute atomic E-state index is 0.0506. The molecule has 0 saturated heterocycles. The van der Waals surface area contributed by atoms with Gasteiger partial charge in [-0.3, -0.25) is 4.79 Å². The van der Waals surface area contributed by atoms with Crippen LogP contribution >= 0.6 is 0 Å². The molecule has 3 rings (SSSR count). The zero-order valence-corrected chi connectivity index (χ0v) is 11.9. The highest BCUT2D eigenvalue weighted by Crippen LogP contribution is 2.15. The topological polar surface area (TPSA) is 46.9 Å². The summed E-state index contributed by atoms with van der Waals surface area (Å²) in [6.45, 7) is 2.86. The van der Waals surface area contributed by atoms with Gasteiger partial charge in [-0.2, -0.15) is 0 Å². The van der Waals surface area contributed by atoms with Gasteiger partial charge >= 0.3 is 0 Å². The van der Waals surface area contributed by atoms with E-state index in [2.05, 4.69) is 17.2 Å². The lowest BCUT2D eigenvalue weighted by molar-refractivity contribution is 0.905. The van der Waals surface area contributed by atoms with Gasteiger partial charge in [-0.15, -0.1) is 0 Å². The maximum atomic E-state index is 12.8. The molecule has 0 atom stereocenters. The van der Waals surface area contributed by atoms with Gasteiger partial charge in [0.25, 0.3) is 5.56 Å². The molecule has 0 aliphatic carbocycles. The van der Waals surface area contributed by atoms with Gasteiger partial charge in [0.1, 0.15) is 0 Å². The summed E-state index contributed by atoms with van der Waals surface area (Å²) in [4.78, 5) is 17.4. The van der Waals surface area contributed by atoms with Gasteiger partial charge in [-0.25, -0.2) is 9.55 Å². The molecule has 4 nitrogen and oxygen atoms in total. The summed E-state index contributed by atoms with van der Waals surface area (Å²) in [5, 5.41) is 3.87. The van der Waals surface area contributed by atoms with Crippen molar-refractivity contribution in [1.29, 1.82) is 0 Å². The zero-order valence-electron chi connectivity index (χ0n) is 11.9. The van der Waals surface area contributed by atoms with Gasteiger partial charge in [-0.05, 0) is 30.7 Å². The molecule has 0 aliphatic rings. The highest BCUT2D eigenvalue weighted by Gasteiger charge is 2.11. The van der Waals surface area contributed by atoms with Crippen LogP contribution in [0.25, 0.3) is 16.6 Å². The Hall–Kier alpha value is -2.62. The van der Waals surface area contributed by atoms with Crippen molar-refractivity contribution in [2.75, 3.05) is 11.9 Å². The van der Waals surface area contributed by atoms with Crippen molar-refractivity contribution in [1.82, 2.24) is 9.55 Å². The number of nitrogens with one attached hydrogen (secondary N) is 1. The lowest BCUT2D eigenvalue weighted by atomic mass is 10.2. The van der Waals surface area contributed by atoms with Crippen molar-refractivity contribution in [2.45, 2.75) is 13.3 Å². The molecule has 4 heteroatoms. The second-order valence-corrected chi connectivity index (χ2v) is 4.86. The zero-order chi connectivity index (χ0) is 14.7. The largest absolute Gasteiger partial charge is 0.355 e. The van der Waals surface area contributed by atoms with Crippen LogP contribution in [0.3, 0.4) is 0 Å². The first-order valence-electron chi connectivity index (χ1n) is 7.12. The van der Waals surface area contributed by atoms with Gasteiger partial charge in [0.15, 0.2) is 0 Å². The molecule has 2 aromatic carbocycles. The average molecular weight is 279 g/mol. The van der Waals surface area contributed by atoms with Crippen molar-refractivity contribution in [2.24, 2.45) is 0 Å². The van der Waals surface area contributed by atoms with Gasteiger partial charge in [0, 0.05) is 6.54 Å². The summed E-state index contributed by atoms with van der Waals surface area (Å²) in [6, 6.07) is 17.0. The van der Waals surface area contributed by atoms with Crippen molar-refractivity contribution < 1.29 is 0 Å². The number of para-hydroxylation sites is 2. The smallest absolute Gasteiger partial charge is 0.267 e. The Morgan fingerprint density at radius 1 is 1.05 bits per heavy atom. The van der Waals surface area contributed by atoms with E-state index in [0.29, 0.717) is 16.9 Å². The molecule has 0 bridgehead atoms. The molecule has 0 fully saturated rings. The lowest BCUT2D eigenvalue weighted by Crippen LogP contribution is -2.24. The molecule has 1 N–H and O–H groups in total. The molecule has 0 unspecified atom stereocenters. The first kappa shape index (κ1) is 13.4. The van der Waals surface area contributed by atoms with Gasteiger partial charge in [-0.1, -0.05) is 37.3 Å². The van der Waals surface area contributed by atoms with Crippen molar-refractivity contribution in [3.05, 3.63) is 65.0 Å². The molecule has 1 aromatic heterocycles. The number of hydrogen-bond donors (Lipinski definition) is 1. The molecule has 1 heterocycles. The van der Waals surface area contributed by atoms with Crippen LogP contribution in [-0.2, 0) is 0 Å². The Balaban J connectivity index is 2.29. The summed E-state index contributed by atoms with van der Waals surface area (Å²) >= 11 is 0. The third-order valence-electron chi connectivity index (χ3n) is 3.32. The molecule has 3 aromatic rings. The molecule has 21 heavy (non-hydrogen) atoms. The van der Waals surface area contributed by atoms with Crippen molar-refractivity contribution in [3.8, 4) is 5.69 Å². The summed E-state index contributed by atoms with van der Waals surface area (Å²) in [6.07, 6.45) is 0.970. The molecule has 0 spiro atoms. The third-order valence-corrected chi connectivity index (χ3v) is 3.32. The lowest BCUT2D eigenvalue weighted by Gasteiger charge is -2.14. The number of anilines is 1. The van der Waals surface area contributed by atoms with Gasteiger partial charge in [0.05, 0.1) is 16.6 Å². The van der Waals surface area contributed by atoms with E-state index < -0.39 is 0 Å². The van der Waals surface area contributed by atoms with Crippen LogP contribution in [0, 0.1) is 0 Å². The van der Waals surface area contributed by atoms with Crippen LogP contribution in [0.15, 0.2) is 59.4 Å². The number of rotatable bonds is 4. The van der Waals surface area contributed by atoms with E-state index in [-0.39, 0.29) is 5.56 Å². The van der Waals surface area contributed by atoms with E-state index in [4.69, 9.17) is 0 Å². The highest BCUT2D eigenvalue weighted by atomic mass is 16.1. The first-order chi connectivity index (χ1) is 10.3. The van der Waals surface area contributed by atoms with Crippen LogP contribution in [-0.4, -0.2) is 16.1 Å². The van der Waals surface area contributed by atoms with E-state index in [1.807, 2.05) is 54.6 Å². The Morgan fingerprint density at radius 2 is 1.76 bits per heavy atom. The molecule has 0 amide bonds. The highest BCUT2D eigenvalue weighted by molar-refractivity contribution is 5.79. The molecular weight excluding hydrogens is 262 g/mol. The van der Waals surface area contributed by atoms with Crippen LogP contribution < -0.4 is 10.9 Å². The van der Waals surface area contributed by atoms with Crippen LogP contribution in [0.5, 0.6) is 0 Å². The normalized spacial score (nSPS) is 10.7. The Bertz CT molecular complexity index is 809. The van der Waals surface area contributed by atoms with E-state index in [9.17, 15) is 4.79 Å². The predicted octanol–water partition coefficient (Wildman–Crippen LogP) is 3.21. The van der Waals surface area contributed by atoms with E-state index in [0.717, 1.165) is 18.7 Å². The number of aromatic nitrogens is 2. The van der Waals surface area contributed by atoms with Gasteiger partial charge in [0.2, 0.25) is 5.95 Å². The summed E-state index contributed by atoms with van der Waals surface area (Å²) in [7, 11) is 0. The van der Waals surface area contributed by atoms with Crippen LogP contribution in [0.4, 0.5) is 5.95 Å². The standard InChI is InChI=1S/C17H17N3O/c1-2-12-18-17-19-15-11-7-6-10-14(15)16(21)20(17)13-8-4-3-5-9-13/h3-11H,2,12H2,1H3,(H,18,19). The maximum absolute atomic E-state index is 12.8. The average Bonchev–Trinajstić information content (AvgIpc) is 2.54. The number of hydrogen-bond acceptors (Lipinski definition) is 3. The summed E-state index contributed by atoms with van der Waals surface area (Å²) in [5.74, 6) is 0.590. The number of benzene rings is 2. The Morgan fingerprint density at radius 3 is 2.52 bits per heavy atom. The van der Waals surface area contributed by atoms with Crippen molar-refractivity contribution >= 4 is 16.9 Å². The quantitative estimate of drug-likeness (QED) is 0.797. The molecular formula is C17H17N3O. The fraction of sp³-hybridized carbons (Fsp3) is 0.176. The molecule has 0 saturated carbocycles. The Labute approximate surface area is 123 Å². The molecule has 0 radical (unpaired) electrons. The summed E-state index contributed by atoms with van der Waals surface area (Å²) in [5.41, 5.74) is 1.48. The number of fused-ring (bicyclic) bond motifs is 1. The fourth-order valence-corrected chi connectivity index (χ4v) is 2.30. The van der Waals surface area contributed by atoms with Crippen LogP contribution in [0.2, 0.25) is 0 Å². The van der Waals surface area contributed by atoms with Crippen LogP contribution in [0.1, 0.15) is 13.3 Å². The first-order valence-corrected chi connectivity index (χ1v) is 7.12. The maximum Gasteiger partial charge on any atom is 0.267 e. The Kier molecular flexibility index (Phi) is 3.69. The second kappa shape index (κ2) is 5.79. The summed E-state index contributed by atoms with van der Waals surface area (Å²) < 4.78 is 1.64. The SMILES string of the molecule is CCCNc1nc2ccccc2c(=O)n1-c1ccccc1. The minimum atomic E-state index is -0.0506. The monoisotopic (exact) mass is 279 g/mol. The van der Waals surface area contributed by atoms with Crippen molar-refractivity contribution in [3.63, 3.8) is 0 Å². The van der Waals surface area contributed by atoms with E-state index in [1.165, 1.54) is 0 Å². The number of nitrogens with zero attached hydrogens (tertiary/aromatic N) is 2. The molecule has 106 valence electrons. The second-order valence-electron chi connectivity index (χ2n) is 4.86. The minimum Gasteiger partial charge on any atom is -0.355 e. The molecule has 0 aliphatic heterocycles. The van der Waals surface area contributed by atoms with Gasteiger partial charge < -0.3 is 5.32 Å². The fourth-order valence-electron chi connectivity index (χ4n) is 2.30. The third kappa shape index (κ3) is 2.52. The predicted molar refractivity (Wildman–Crippen MR) is 86.1 cm³/mol.